The largest absolute Gasteiger partial charge is 0.463 e. The zero-order chi connectivity index (χ0) is 16.6. The van der Waals surface area contributed by atoms with E-state index in [1.165, 1.54) is 18.3 Å². The maximum absolute atomic E-state index is 13.1. The molecule has 3 rings (SSSR count). The number of nitrogens with one attached hydrogen (secondary N) is 2. The van der Waals surface area contributed by atoms with Gasteiger partial charge in [-0.25, -0.2) is 9.18 Å². The number of anilines is 1. The van der Waals surface area contributed by atoms with Crippen molar-refractivity contribution in [3.63, 3.8) is 0 Å². The van der Waals surface area contributed by atoms with Gasteiger partial charge in [-0.1, -0.05) is 0 Å². The van der Waals surface area contributed by atoms with Gasteiger partial charge in [-0.05, 0) is 12.1 Å². The van der Waals surface area contributed by atoms with Crippen molar-refractivity contribution in [1.82, 2.24) is 15.1 Å². The Morgan fingerprint density at radius 1 is 1.52 bits per heavy atom. The molecule has 1 aromatic heterocycles. The zero-order valence-electron chi connectivity index (χ0n) is 11.8. The Morgan fingerprint density at radius 2 is 2.30 bits per heavy atom. The van der Waals surface area contributed by atoms with Crippen LogP contribution in [0.1, 0.15) is 12.0 Å². The molecule has 0 bridgehead atoms. The Hall–Kier alpha value is -2.99. The molecule has 9 heteroatoms. The Morgan fingerprint density at radius 3 is 2.91 bits per heavy atom. The molecule has 1 amide bonds. The van der Waals surface area contributed by atoms with Crippen LogP contribution >= 0.6 is 0 Å². The fraction of sp³-hybridized carbons (Fsp3) is 0.286. The molecule has 1 aromatic carbocycles. The summed E-state index contributed by atoms with van der Waals surface area (Å²) in [5.41, 5.74) is 0.590. The summed E-state index contributed by atoms with van der Waals surface area (Å²) in [5, 5.41) is 27.7. The number of alkyl halides is 1. The molecular weight excluding hydrogens is 305 g/mol. The zero-order valence-corrected chi connectivity index (χ0v) is 11.8. The molecule has 1 saturated heterocycles. The van der Waals surface area contributed by atoms with E-state index in [1.807, 2.05) is 6.07 Å². The van der Waals surface area contributed by atoms with Crippen molar-refractivity contribution in [3.05, 3.63) is 23.9 Å². The summed E-state index contributed by atoms with van der Waals surface area (Å²) >= 11 is 0. The van der Waals surface area contributed by atoms with Gasteiger partial charge in [-0.3, -0.25) is 4.79 Å². The average molecular weight is 317 g/mol. The van der Waals surface area contributed by atoms with E-state index in [9.17, 15) is 19.2 Å². The number of halogens is 1. The molecule has 8 nitrogen and oxygen atoms in total. The molecule has 0 saturated carbocycles. The molecule has 23 heavy (non-hydrogen) atoms. The van der Waals surface area contributed by atoms with Gasteiger partial charge in [-0.15, -0.1) is 0 Å². The number of hydrogen-bond acceptors (Lipinski definition) is 5. The maximum atomic E-state index is 13.1. The van der Waals surface area contributed by atoms with Crippen molar-refractivity contribution in [3.8, 4) is 6.07 Å². The van der Waals surface area contributed by atoms with Gasteiger partial charge < -0.3 is 15.7 Å². The Bertz CT molecular complexity index is 841. The number of carbonyl (C=O) groups is 2. The van der Waals surface area contributed by atoms with Crippen LogP contribution in [0.4, 0.5) is 14.9 Å². The van der Waals surface area contributed by atoms with E-state index in [4.69, 9.17) is 5.11 Å². The lowest BCUT2D eigenvalue weighted by molar-refractivity contribution is -0.117. The van der Waals surface area contributed by atoms with Crippen LogP contribution in [-0.4, -0.2) is 45.6 Å². The third-order valence-electron chi connectivity index (χ3n) is 3.70. The van der Waals surface area contributed by atoms with Crippen LogP contribution < -0.4 is 10.6 Å². The van der Waals surface area contributed by atoms with Crippen molar-refractivity contribution in [2.75, 3.05) is 11.9 Å². The second-order valence-electron chi connectivity index (χ2n) is 5.15. The highest BCUT2D eigenvalue weighted by Gasteiger charge is 2.29. The number of amides is 1. The molecule has 1 fully saturated rings. The summed E-state index contributed by atoms with van der Waals surface area (Å²) in [6.45, 7) is 0.119. The first-order valence-corrected chi connectivity index (χ1v) is 6.83. The monoisotopic (exact) mass is 317 g/mol. The van der Waals surface area contributed by atoms with Gasteiger partial charge in [0.1, 0.15) is 12.2 Å². The van der Waals surface area contributed by atoms with E-state index < -0.39 is 24.2 Å². The van der Waals surface area contributed by atoms with Crippen LogP contribution in [0.3, 0.4) is 0 Å². The number of nitriles is 1. The fourth-order valence-corrected chi connectivity index (χ4v) is 2.59. The number of rotatable bonds is 2. The molecule has 3 N–H and O–H groups in total. The van der Waals surface area contributed by atoms with Gasteiger partial charge in [-0.2, -0.15) is 15.0 Å². The molecule has 2 aromatic rings. The van der Waals surface area contributed by atoms with Crippen LogP contribution in [0.25, 0.3) is 10.9 Å². The predicted molar refractivity (Wildman–Crippen MR) is 77.8 cm³/mol. The van der Waals surface area contributed by atoms with E-state index >= 15 is 0 Å². The summed E-state index contributed by atoms with van der Waals surface area (Å²) in [6.07, 6.45) is -1.02. The molecule has 1 aliphatic heterocycles. The molecule has 2 atom stereocenters. The lowest BCUT2D eigenvalue weighted by atomic mass is 10.1. The highest BCUT2D eigenvalue weighted by molar-refractivity contribution is 6.01. The molecule has 118 valence electrons. The molecule has 0 unspecified atom stereocenters. The SMILES string of the molecule is N#Cc1c(NC(=O)[C@H]2C[C@@H](F)CN2)ccc2c1cnn2C(=O)O. The molecule has 0 aliphatic carbocycles. The molecule has 2 heterocycles. The van der Waals surface area contributed by atoms with E-state index in [0.29, 0.717) is 5.39 Å². The Balaban J connectivity index is 1.94. The Kier molecular flexibility index (Phi) is 3.67. The topological polar surface area (TPSA) is 120 Å². The first kappa shape index (κ1) is 14.9. The minimum Gasteiger partial charge on any atom is -0.463 e. The van der Waals surface area contributed by atoms with Crippen molar-refractivity contribution >= 4 is 28.6 Å². The van der Waals surface area contributed by atoms with Crippen molar-refractivity contribution in [2.45, 2.75) is 18.6 Å². The van der Waals surface area contributed by atoms with E-state index in [0.717, 1.165) is 4.68 Å². The first-order valence-electron chi connectivity index (χ1n) is 6.83. The fourth-order valence-electron chi connectivity index (χ4n) is 2.59. The second kappa shape index (κ2) is 5.66. The summed E-state index contributed by atoms with van der Waals surface area (Å²) in [5.74, 6) is -0.438. The molecular formula is C14H12FN5O3. The third-order valence-corrected chi connectivity index (χ3v) is 3.70. The first-order chi connectivity index (χ1) is 11.0. The van der Waals surface area contributed by atoms with Crippen LogP contribution in [0, 0.1) is 11.3 Å². The van der Waals surface area contributed by atoms with Gasteiger partial charge in [0, 0.05) is 18.4 Å². The summed E-state index contributed by atoms with van der Waals surface area (Å²) in [6, 6.07) is 4.17. The number of carboxylic acid groups (broad SMARTS) is 1. The number of hydrogen-bond donors (Lipinski definition) is 3. The van der Waals surface area contributed by atoms with Crippen LogP contribution in [0.2, 0.25) is 0 Å². The number of fused-ring (bicyclic) bond motifs is 1. The van der Waals surface area contributed by atoms with Crippen molar-refractivity contribution in [1.29, 1.82) is 5.26 Å². The minimum absolute atomic E-state index is 0.0763. The summed E-state index contributed by atoms with van der Waals surface area (Å²) < 4.78 is 13.9. The van der Waals surface area contributed by atoms with Gasteiger partial charge in [0.15, 0.2) is 0 Å². The standard InChI is InChI=1S/C14H12FN5O3/c15-7-3-11(17-5-7)13(21)19-10-1-2-12-9(8(10)4-16)6-18-20(12)14(22)23/h1-2,6-7,11,17H,3,5H2,(H,19,21)(H,22,23)/t7-,11-/m1/s1. The van der Waals surface area contributed by atoms with E-state index in [2.05, 4.69) is 15.7 Å². The molecule has 0 radical (unpaired) electrons. The Labute approximate surface area is 129 Å². The number of aromatic nitrogens is 2. The molecule has 0 spiro atoms. The van der Waals surface area contributed by atoms with Crippen molar-refractivity contribution < 1.29 is 19.1 Å². The lowest BCUT2D eigenvalue weighted by Crippen LogP contribution is -2.35. The highest BCUT2D eigenvalue weighted by atomic mass is 19.1. The summed E-state index contributed by atoms with van der Waals surface area (Å²) in [7, 11) is 0. The van der Waals surface area contributed by atoms with Gasteiger partial charge in [0.25, 0.3) is 0 Å². The normalized spacial score (nSPS) is 20.3. The number of benzene rings is 1. The average Bonchev–Trinajstić information content (AvgIpc) is 3.13. The van der Waals surface area contributed by atoms with Gasteiger partial charge >= 0.3 is 6.09 Å². The van der Waals surface area contributed by atoms with Crippen LogP contribution in [-0.2, 0) is 4.79 Å². The summed E-state index contributed by atoms with van der Waals surface area (Å²) in [4.78, 5) is 23.2. The third kappa shape index (κ3) is 2.60. The van der Waals surface area contributed by atoms with Crippen LogP contribution in [0.5, 0.6) is 0 Å². The van der Waals surface area contributed by atoms with Crippen LogP contribution in [0.15, 0.2) is 18.3 Å². The molecule has 1 aliphatic rings. The minimum atomic E-state index is -1.27. The number of nitrogens with zero attached hydrogens (tertiary/aromatic N) is 3. The van der Waals surface area contributed by atoms with Gasteiger partial charge in [0.05, 0.1) is 29.0 Å². The van der Waals surface area contributed by atoms with Crippen molar-refractivity contribution in [2.24, 2.45) is 0 Å². The second-order valence-corrected chi connectivity index (χ2v) is 5.15. The van der Waals surface area contributed by atoms with E-state index in [1.54, 1.807) is 0 Å². The maximum Gasteiger partial charge on any atom is 0.432 e. The highest BCUT2D eigenvalue weighted by Crippen LogP contribution is 2.26. The predicted octanol–water partition coefficient (Wildman–Crippen LogP) is 1.07. The van der Waals surface area contributed by atoms with Gasteiger partial charge in [0.2, 0.25) is 5.91 Å². The number of carbonyl (C=O) groups excluding carboxylic acids is 1. The quantitative estimate of drug-likeness (QED) is 0.762. The lowest BCUT2D eigenvalue weighted by Gasteiger charge is -2.12. The van der Waals surface area contributed by atoms with E-state index in [-0.39, 0.29) is 29.7 Å². The smallest absolute Gasteiger partial charge is 0.432 e.